The summed E-state index contributed by atoms with van der Waals surface area (Å²) >= 11 is 6.04. The molecule has 0 radical (unpaired) electrons. The van der Waals surface area contributed by atoms with Gasteiger partial charge in [-0.1, -0.05) is 29.8 Å². The third-order valence-corrected chi connectivity index (χ3v) is 5.39. The van der Waals surface area contributed by atoms with E-state index >= 15 is 0 Å². The summed E-state index contributed by atoms with van der Waals surface area (Å²) in [6.45, 7) is 0.757. The Balaban J connectivity index is 1.57. The first kappa shape index (κ1) is 20.3. The van der Waals surface area contributed by atoms with Crippen LogP contribution in [0.15, 0.2) is 54.1 Å². The summed E-state index contributed by atoms with van der Waals surface area (Å²) in [5, 5.41) is 0.702. The Hall–Kier alpha value is -2.40. The summed E-state index contributed by atoms with van der Waals surface area (Å²) < 4.78 is 0. The number of aryl methyl sites for hydroxylation is 1. The second-order valence-electron chi connectivity index (χ2n) is 7.20. The molecule has 1 unspecified atom stereocenters. The number of carbonyl (C=O) groups is 1. The van der Waals surface area contributed by atoms with Crippen molar-refractivity contribution in [1.29, 1.82) is 0 Å². The van der Waals surface area contributed by atoms with Crippen molar-refractivity contribution < 1.29 is 4.79 Å². The number of unbranched alkanes of at least 4 members (excludes halogenated alkanes) is 1. The van der Waals surface area contributed by atoms with E-state index in [1.54, 1.807) is 6.33 Å². The summed E-state index contributed by atoms with van der Waals surface area (Å²) in [6.07, 6.45) is 12.7. The van der Waals surface area contributed by atoms with Crippen LogP contribution in [0.3, 0.4) is 0 Å². The van der Waals surface area contributed by atoms with Gasteiger partial charge in [0, 0.05) is 54.8 Å². The Bertz CT molecular complexity index is 812. The maximum absolute atomic E-state index is 12.9. The maximum atomic E-state index is 12.9. The van der Waals surface area contributed by atoms with Gasteiger partial charge in [0.05, 0.1) is 6.33 Å². The minimum atomic E-state index is 0.00200. The molecule has 1 amide bonds. The van der Waals surface area contributed by atoms with Crippen molar-refractivity contribution >= 4 is 23.2 Å². The summed E-state index contributed by atoms with van der Waals surface area (Å²) in [5.74, 6) is 0.154. The summed E-state index contributed by atoms with van der Waals surface area (Å²) in [4.78, 5) is 26.4. The predicted octanol–water partition coefficient (Wildman–Crippen LogP) is 4.77. The smallest absolute Gasteiger partial charge is 0.223 e. The fourth-order valence-electron chi connectivity index (χ4n) is 3.45. The van der Waals surface area contributed by atoms with Crippen LogP contribution in [0.1, 0.15) is 49.3 Å². The lowest BCUT2D eigenvalue weighted by atomic mass is 9.87. The van der Waals surface area contributed by atoms with Crippen LogP contribution in [0.5, 0.6) is 0 Å². The van der Waals surface area contributed by atoms with Crippen LogP contribution in [-0.2, 0) is 11.2 Å². The quantitative estimate of drug-likeness (QED) is 0.618. The highest BCUT2D eigenvalue weighted by Crippen LogP contribution is 2.27. The fraction of sp³-hybridized carbons (Fsp3) is 0.409. The SMILES string of the molecule is CN(CCCCc1cnc[nH]1)C(=O)CC(C1=NC=CCC1)c1ccc(Cl)cc1. The Morgan fingerprint density at radius 3 is 2.79 bits per heavy atom. The number of hydrogen-bond donors (Lipinski definition) is 1. The van der Waals surface area contributed by atoms with Crippen molar-refractivity contribution in [3.05, 3.63) is 65.3 Å². The Labute approximate surface area is 171 Å². The number of allylic oxidation sites excluding steroid dienone is 1. The van der Waals surface area contributed by atoms with Gasteiger partial charge in [-0.25, -0.2) is 4.98 Å². The van der Waals surface area contributed by atoms with Gasteiger partial charge in [-0.05, 0) is 49.8 Å². The van der Waals surface area contributed by atoms with Gasteiger partial charge >= 0.3 is 0 Å². The van der Waals surface area contributed by atoms with Gasteiger partial charge in [0.15, 0.2) is 0 Å². The Morgan fingerprint density at radius 2 is 2.11 bits per heavy atom. The van der Waals surface area contributed by atoms with Crippen LogP contribution >= 0.6 is 11.6 Å². The first-order valence-electron chi connectivity index (χ1n) is 9.81. The van der Waals surface area contributed by atoms with Crippen molar-refractivity contribution in [1.82, 2.24) is 14.9 Å². The molecule has 1 N–H and O–H groups in total. The molecule has 1 atom stereocenters. The zero-order valence-electron chi connectivity index (χ0n) is 16.3. The largest absolute Gasteiger partial charge is 0.348 e. The van der Waals surface area contributed by atoms with E-state index in [-0.39, 0.29) is 11.8 Å². The number of H-pyrrole nitrogens is 1. The molecule has 6 heteroatoms. The second kappa shape index (κ2) is 10.2. The van der Waals surface area contributed by atoms with Crippen LogP contribution in [-0.4, -0.2) is 40.1 Å². The molecule has 1 aromatic carbocycles. The van der Waals surface area contributed by atoms with Gasteiger partial charge in [-0.2, -0.15) is 0 Å². The first-order chi connectivity index (χ1) is 13.6. The van der Waals surface area contributed by atoms with E-state index in [0.29, 0.717) is 11.4 Å². The van der Waals surface area contributed by atoms with Crippen LogP contribution in [0.2, 0.25) is 5.02 Å². The number of amides is 1. The molecule has 0 bridgehead atoms. The number of aromatic nitrogens is 2. The van der Waals surface area contributed by atoms with E-state index in [1.165, 1.54) is 0 Å². The molecule has 2 aromatic rings. The second-order valence-corrected chi connectivity index (χ2v) is 7.64. The van der Waals surface area contributed by atoms with Gasteiger partial charge in [0.25, 0.3) is 0 Å². The molecule has 1 aliphatic rings. The average molecular weight is 399 g/mol. The van der Waals surface area contributed by atoms with Crippen LogP contribution in [0.25, 0.3) is 0 Å². The lowest BCUT2D eigenvalue weighted by molar-refractivity contribution is -0.130. The van der Waals surface area contributed by atoms with E-state index in [4.69, 9.17) is 11.6 Å². The van der Waals surface area contributed by atoms with Crippen molar-refractivity contribution in [2.75, 3.05) is 13.6 Å². The van der Waals surface area contributed by atoms with Crippen molar-refractivity contribution in [3.63, 3.8) is 0 Å². The molecule has 148 valence electrons. The monoisotopic (exact) mass is 398 g/mol. The lowest BCUT2D eigenvalue weighted by Crippen LogP contribution is -2.31. The number of aliphatic imine (C=N–C) groups is 1. The van der Waals surface area contributed by atoms with Gasteiger partial charge in [-0.3, -0.25) is 9.79 Å². The molecule has 1 aliphatic heterocycles. The van der Waals surface area contributed by atoms with Gasteiger partial charge in [-0.15, -0.1) is 0 Å². The van der Waals surface area contributed by atoms with Crippen molar-refractivity contribution in [2.24, 2.45) is 4.99 Å². The number of nitrogens with one attached hydrogen (secondary N) is 1. The number of aromatic amines is 1. The predicted molar refractivity (Wildman–Crippen MR) is 114 cm³/mol. The molecule has 0 aliphatic carbocycles. The zero-order valence-corrected chi connectivity index (χ0v) is 17.0. The number of nitrogens with zero attached hydrogens (tertiary/aromatic N) is 3. The highest BCUT2D eigenvalue weighted by Gasteiger charge is 2.23. The van der Waals surface area contributed by atoms with E-state index < -0.39 is 0 Å². The van der Waals surface area contributed by atoms with Crippen LogP contribution in [0, 0.1) is 0 Å². The topological polar surface area (TPSA) is 61.4 Å². The van der Waals surface area contributed by atoms with Crippen LogP contribution in [0.4, 0.5) is 0 Å². The third kappa shape index (κ3) is 5.80. The number of halogens is 1. The summed E-state index contributed by atoms with van der Waals surface area (Å²) in [6, 6.07) is 7.77. The molecular formula is C22H27ClN4O. The molecule has 0 spiro atoms. The molecule has 1 aromatic heterocycles. The first-order valence-corrected chi connectivity index (χ1v) is 10.2. The number of rotatable bonds is 9. The number of carbonyl (C=O) groups excluding carboxylic acids is 1. The van der Waals surface area contributed by atoms with E-state index in [0.717, 1.165) is 55.6 Å². The van der Waals surface area contributed by atoms with E-state index in [2.05, 4.69) is 21.0 Å². The highest BCUT2D eigenvalue weighted by atomic mass is 35.5. The van der Waals surface area contributed by atoms with Gasteiger partial charge < -0.3 is 9.88 Å². The molecule has 5 nitrogen and oxygen atoms in total. The van der Waals surface area contributed by atoms with Crippen molar-refractivity contribution in [2.45, 2.75) is 44.4 Å². The number of hydrogen-bond acceptors (Lipinski definition) is 3. The van der Waals surface area contributed by atoms with Gasteiger partial charge in [0.1, 0.15) is 0 Å². The number of benzene rings is 1. The zero-order chi connectivity index (χ0) is 19.8. The van der Waals surface area contributed by atoms with E-state index in [9.17, 15) is 4.79 Å². The lowest BCUT2D eigenvalue weighted by Gasteiger charge is -2.24. The molecular weight excluding hydrogens is 372 g/mol. The van der Waals surface area contributed by atoms with Crippen molar-refractivity contribution in [3.8, 4) is 0 Å². The van der Waals surface area contributed by atoms with E-state index in [1.807, 2.05) is 48.6 Å². The molecule has 0 saturated heterocycles. The standard InChI is InChI=1S/C22H27ClN4O/c1-27(13-5-3-6-19-15-24-16-26-19)22(28)14-20(21-7-2-4-12-25-21)17-8-10-18(23)11-9-17/h4,8-12,15-16,20H,2-3,5-7,13-14H2,1H3,(H,24,26). The molecule has 3 rings (SSSR count). The number of imidazole rings is 1. The molecule has 0 fully saturated rings. The third-order valence-electron chi connectivity index (χ3n) is 5.14. The summed E-state index contributed by atoms with van der Waals surface area (Å²) in [7, 11) is 1.89. The molecule has 2 heterocycles. The Morgan fingerprint density at radius 1 is 1.29 bits per heavy atom. The minimum Gasteiger partial charge on any atom is -0.348 e. The van der Waals surface area contributed by atoms with Crippen LogP contribution < -0.4 is 0 Å². The Kier molecular flexibility index (Phi) is 7.43. The molecule has 28 heavy (non-hydrogen) atoms. The minimum absolute atomic E-state index is 0.00200. The maximum Gasteiger partial charge on any atom is 0.223 e. The summed E-state index contributed by atoms with van der Waals surface area (Å²) in [5.41, 5.74) is 3.31. The van der Waals surface area contributed by atoms with Gasteiger partial charge in [0.2, 0.25) is 5.91 Å². The highest BCUT2D eigenvalue weighted by molar-refractivity contribution is 6.30. The average Bonchev–Trinajstić information content (AvgIpc) is 3.24. The fourth-order valence-corrected chi connectivity index (χ4v) is 3.57. The molecule has 0 saturated carbocycles. The normalized spacial score (nSPS) is 14.6.